The van der Waals surface area contributed by atoms with E-state index in [0.717, 1.165) is 45.1 Å². The fourth-order valence-corrected chi connectivity index (χ4v) is 5.52. The van der Waals surface area contributed by atoms with Crippen LogP contribution in [0, 0.1) is 11.8 Å². The smallest absolute Gasteiger partial charge is 0.328 e. The molecule has 2 aliphatic carbocycles. The van der Waals surface area contributed by atoms with Crippen LogP contribution in [0.2, 0.25) is 0 Å². The number of carbonyl (C=O) groups is 2. The van der Waals surface area contributed by atoms with Crippen molar-refractivity contribution in [3.8, 4) is 0 Å². The van der Waals surface area contributed by atoms with Crippen molar-refractivity contribution in [3.05, 3.63) is 0 Å². The number of nitrogens with one attached hydrogen (secondary N) is 2. The van der Waals surface area contributed by atoms with Crippen molar-refractivity contribution >= 4 is 35.1 Å². The van der Waals surface area contributed by atoms with Crippen molar-refractivity contribution in [1.29, 1.82) is 0 Å². The second-order valence-corrected chi connectivity index (χ2v) is 9.83. The van der Waals surface area contributed by atoms with Gasteiger partial charge in [-0.2, -0.15) is 0 Å². The molecule has 0 saturated heterocycles. The molecule has 180 valence electrons. The van der Waals surface area contributed by atoms with Crippen molar-refractivity contribution in [3.63, 3.8) is 0 Å². The van der Waals surface area contributed by atoms with Crippen molar-refractivity contribution < 1.29 is 24.2 Å². The van der Waals surface area contributed by atoms with Crippen LogP contribution in [0.1, 0.15) is 57.8 Å². The number of amides is 1. The first-order chi connectivity index (χ1) is 14.9. The Bertz CT molecular complexity index is 562. The number of esters is 1. The number of hydrogen-bond acceptors (Lipinski definition) is 6. The van der Waals surface area contributed by atoms with E-state index >= 15 is 0 Å². The maximum atomic E-state index is 13.0. The first-order valence-electron chi connectivity index (χ1n) is 11.5. The molecule has 0 aliphatic heterocycles. The van der Waals surface area contributed by atoms with E-state index in [4.69, 9.17) is 32.7 Å². The van der Waals surface area contributed by atoms with Crippen molar-refractivity contribution in [1.82, 2.24) is 10.6 Å². The Kier molecular flexibility index (Phi) is 11.9. The lowest BCUT2D eigenvalue weighted by molar-refractivity contribution is -0.147. The molecule has 6 atom stereocenters. The number of aliphatic hydroxyl groups is 1. The first kappa shape index (κ1) is 26.7. The van der Waals surface area contributed by atoms with Crippen LogP contribution in [-0.4, -0.2) is 73.3 Å². The quantitative estimate of drug-likeness (QED) is 0.239. The topological polar surface area (TPSA) is 96.9 Å². The predicted molar refractivity (Wildman–Crippen MR) is 121 cm³/mol. The average molecular weight is 481 g/mol. The zero-order valence-electron chi connectivity index (χ0n) is 18.7. The summed E-state index contributed by atoms with van der Waals surface area (Å²) in [5.74, 6) is -1.29. The minimum Gasteiger partial charge on any atom is -0.467 e. The van der Waals surface area contributed by atoms with Crippen LogP contribution in [-0.2, 0) is 19.1 Å². The number of ether oxygens (including phenoxy) is 2. The Balaban J connectivity index is 1.92. The molecule has 0 aromatic rings. The van der Waals surface area contributed by atoms with Gasteiger partial charge in [-0.3, -0.25) is 4.79 Å². The molecule has 1 amide bonds. The summed E-state index contributed by atoms with van der Waals surface area (Å²) in [6, 6.07) is -0.725. The predicted octanol–water partition coefficient (Wildman–Crippen LogP) is 2.60. The van der Waals surface area contributed by atoms with E-state index in [-0.39, 0.29) is 6.42 Å². The second kappa shape index (κ2) is 13.8. The number of halogens is 2. The highest BCUT2D eigenvalue weighted by atomic mass is 35.5. The fraction of sp³-hybridized carbons (Fsp3) is 0.909. The molecule has 0 heterocycles. The average Bonchev–Trinajstić information content (AvgIpc) is 2.77. The van der Waals surface area contributed by atoms with Gasteiger partial charge in [0, 0.05) is 6.61 Å². The molecule has 0 radical (unpaired) electrons. The summed E-state index contributed by atoms with van der Waals surface area (Å²) in [4.78, 5) is 25.3. The maximum Gasteiger partial charge on any atom is 0.328 e. The molecule has 31 heavy (non-hydrogen) atoms. The lowest BCUT2D eigenvalue weighted by Crippen LogP contribution is -2.56. The third-order valence-corrected chi connectivity index (χ3v) is 7.39. The van der Waals surface area contributed by atoms with Gasteiger partial charge in [0.15, 0.2) is 0 Å². The van der Waals surface area contributed by atoms with Crippen molar-refractivity contribution in [2.45, 2.75) is 86.8 Å². The Hall–Kier alpha value is -0.600. The number of rotatable bonds is 11. The number of alkyl halides is 2. The molecule has 2 saturated carbocycles. The minimum absolute atomic E-state index is 0.232. The minimum atomic E-state index is -1.10. The number of aliphatic hydroxyl groups excluding tert-OH is 1. The van der Waals surface area contributed by atoms with Crippen LogP contribution < -0.4 is 10.6 Å². The van der Waals surface area contributed by atoms with E-state index in [1.54, 1.807) is 0 Å². The molecular weight excluding hydrogens is 443 g/mol. The Labute approximate surface area is 195 Å². The Morgan fingerprint density at radius 1 is 1.16 bits per heavy atom. The van der Waals surface area contributed by atoms with Crippen LogP contribution in [0.5, 0.6) is 0 Å². The first-order valence-corrected chi connectivity index (χ1v) is 12.4. The monoisotopic (exact) mass is 480 g/mol. The van der Waals surface area contributed by atoms with E-state index in [2.05, 4.69) is 10.6 Å². The highest BCUT2D eigenvalue weighted by molar-refractivity contribution is 6.25. The van der Waals surface area contributed by atoms with Gasteiger partial charge in [-0.05, 0) is 45.2 Å². The van der Waals surface area contributed by atoms with Crippen LogP contribution in [0.15, 0.2) is 0 Å². The molecule has 0 spiro atoms. The van der Waals surface area contributed by atoms with Gasteiger partial charge in [-0.1, -0.05) is 32.1 Å². The summed E-state index contributed by atoms with van der Waals surface area (Å²) in [6.45, 7) is 1.39. The molecule has 2 aliphatic rings. The molecular formula is C22H38Cl2N2O5. The summed E-state index contributed by atoms with van der Waals surface area (Å²) in [5.41, 5.74) is 0. The summed E-state index contributed by atoms with van der Waals surface area (Å²) >= 11 is 12.9. The van der Waals surface area contributed by atoms with Crippen molar-refractivity contribution in [2.24, 2.45) is 11.8 Å². The molecule has 2 rings (SSSR count). The van der Waals surface area contributed by atoms with Crippen molar-refractivity contribution in [2.75, 3.05) is 27.3 Å². The van der Waals surface area contributed by atoms with Gasteiger partial charge in [0.1, 0.15) is 6.04 Å². The van der Waals surface area contributed by atoms with Gasteiger partial charge in [-0.25, -0.2) is 4.79 Å². The lowest BCUT2D eigenvalue weighted by atomic mass is 9.82. The van der Waals surface area contributed by atoms with E-state index in [1.807, 2.05) is 7.05 Å². The van der Waals surface area contributed by atoms with Gasteiger partial charge in [0.2, 0.25) is 5.91 Å². The summed E-state index contributed by atoms with van der Waals surface area (Å²) in [7, 11) is 3.22. The van der Waals surface area contributed by atoms with Gasteiger partial charge >= 0.3 is 5.97 Å². The summed E-state index contributed by atoms with van der Waals surface area (Å²) in [6.07, 6.45) is 6.57. The fourth-order valence-electron chi connectivity index (χ4n) is 4.60. The third-order valence-electron chi connectivity index (χ3n) is 6.45. The Morgan fingerprint density at radius 2 is 1.87 bits per heavy atom. The van der Waals surface area contributed by atoms with Gasteiger partial charge in [0.25, 0.3) is 0 Å². The molecule has 7 nitrogen and oxygen atoms in total. The van der Waals surface area contributed by atoms with Crippen LogP contribution in [0.4, 0.5) is 0 Å². The zero-order valence-corrected chi connectivity index (χ0v) is 20.2. The molecule has 2 fully saturated rings. The van der Waals surface area contributed by atoms with E-state index in [0.29, 0.717) is 18.9 Å². The zero-order chi connectivity index (χ0) is 22.8. The number of hydrogen-bond donors (Lipinski definition) is 3. The summed E-state index contributed by atoms with van der Waals surface area (Å²) in [5, 5.41) is 15.3. The molecule has 9 heteroatoms. The largest absolute Gasteiger partial charge is 0.467 e. The normalized spacial score (nSPS) is 30.5. The molecule has 0 aromatic heterocycles. The molecule has 3 N–H and O–H groups in total. The number of carbonyl (C=O) groups excluding carboxylic acids is 2. The van der Waals surface area contributed by atoms with E-state index in [1.165, 1.54) is 13.5 Å². The number of unbranched alkanes of at least 4 members (excludes halogenated alkanes) is 1. The third kappa shape index (κ3) is 8.04. The van der Waals surface area contributed by atoms with E-state index < -0.39 is 46.8 Å². The Morgan fingerprint density at radius 3 is 2.52 bits per heavy atom. The van der Waals surface area contributed by atoms with Gasteiger partial charge < -0.3 is 25.2 Å². The van der Waals surface area contributed by atoms with Gasteiger partial charge in [0.05, 0.1) is 36.0 Å². The van der Waals surface area contributed by atoms with Crippen LogP contribution in [0.3, 0.4) is 0 Å². The van der Waals surface area contributed by atoms with Gasteiger partial charge in [-0.15, -0.1) is 23.2 Å². The standard InChI is InChI=1S/C22H38Cl2N2O5/c1-25-10-6-7-11-31-20-16(23)13-15(19(27)18(20)24)21(28)26-17(22(29)30-2)12-14-8-4-3-5-9-14/h14-20,25,27H,3-13H2,1-2H3,(H,26,28)/t15?,16?,17-,18?,19?,20?/m0/s1. The highest BCUT2D eigenvalue weighted by Crippen LogP contribution is 2.35. The van der Waals surface area contributed by atoms with E-state index in [9.17, 15) is 14.7 Å². The SMILES string of the molecule is CNCCCCOC1C(Cl)CC(C(=O)N[C@@H](CC2CCCCC2)C(=O)OC)C(O)C1Cl. The molecule has 0 aromatic carbocycles. The summed E-state index contributed by atoms with van der Waals surface area (Å²) < 4.78 is 10.7. The van der Waals surface area contributed by atoms with Crippen LogP contribution >= 0.6 is 23.2 Å². The molecule has 5 unspecified atom stereocenters. The number of methoxy groups -OCH3 is 1. The molecule has 0 bridgehead atoms. The van der Waals surface area contributed by atoms with Crippen LogP contribution in [0.25, 0.3) is 0 Å². The second-order valence-electron chi connectivity index (χ2n) is 8.76. The highest BCUT2D eigenvalue weighted by Gasteiger charge is 2.46. The maximum absolute atomic E-state index is 13.0. The lowest BCUT2D eigenvalue weighted by Gasteiger charge is -2.39.